The summed E-state index contributed by atoms with van der Waals surface area (Å²) in [5, 5.41) is 0. The molecule has 0 heterocycles. The zero-order valence-corrected chi connectivity index (χ0v) is 6.06. The quantitative estimate of drug-likeness (QED) is 0.583. The molecule has 0 aromatic rings. The van der Waals surface area contributed by atoms with Gasteiger partial charge in [-0.3, -0.25) is 14.1 Å². The van der Waals surface area contributed by atoms with E-state index in [9.17, 15) is 0 Å². The zero-order chi connectivity index (χ0) is 2.00. The summed E-state index contributed by atoms with van der Waals surface area (Å²) in [6.45, 7) is 0. The Bertz CT molecular complexity index is 10.8. The average molecular weight is 277 g/mol. The van der Waals surface area contributed by atoms with E-state index in [4.69, 9.17) is 3.25 Å². The second kappa shape index (κ2) is 136. The van der Waals surface area contributed by atoms with Gasteiger partial charge in [0.15, 0.2) is 0 Å². The summed E-state index contributed by atoms with van der Waals surface area (Å²) >= 11 is 0.500. The van der Waals surface area contributed by atoms with Crippen molar-refractivity contribution in [3.05, 3.63) is 0 Å². The molecule has 46 valence electrons. The van der Waals surface area contributed by atoms with Crippen LogP contribution in [0.25, 0.3) is 0 Å². The third-order valence-electron chi connectivity index (χ3n) is 0. The van der Waals surface area contributed by atoms with Gasteiger partial charge in [0.2, 0.25) is 0 Å². The maximum absolute atomic E-state index is 8.30. The van der Waals surface area contributed by atoms with E-state index in [1.54, 1.807) is 0 Å². The second-order valence-electron chi connectivity index (χ2n) is 0. The number of hydrogen-bond acceptors (Lipinski definition) is 1. The molecule has 0 aliphatic rings. The van der Waals surface area contributed by atoms with Gasteiger partial charge in [-0.05, 0) is 0 Å². The third kappa shape index (κ3) is 73.3. The molecule has 0 unspecified atom stereocenters. The molecule has 0 amide bonds. The second-order valence-corrected chi connectivity index (χ2v) is 0. The van der Waals surface area contributed by atoms with Gasteiger partial charge in [0.1, 0.15) is 0 Å². The monoisotopic (exact) mass is 276 g/mol. The normalized spacial score (nSPS) is 0.500. The molecule has 0 fully saturated rings. The van der Waals surface area contributed by atoms with Crippen LogP contribution in [0.3, 0.4) is 0 Å². The van der Waals surface area contributed by atoms with Crippen molar-refractivity contribution < 1.29 is 60.8 Å². The van der Waals surface area contributed by atoms with Crippen LogP contribution in [0.1, 0.15) is 0 Å². The van der Waals surface area contributed by atoms with Gasteiger partial charge in [-0.15, -0.1) is 0 Å². The maximum atomic E-state index is 8.30. The van der Waals surface area contributed by atoms with E-state index in [2.05, 4.69) is 0 Å². The van der Waals surface area contributed by atoms with E-state index in [1.807, 2.05) is 0 Å². The van der Waals surface area contributed by atoms with Gasteiger partial charge >= 0.3 is 24.3 Å². The van der Waals surface area contributed by atoms with Gasteiger partial charge in [-0.2, -0.15) is 0 Å². The Balaban J connectivity index is -0.000000000833. The Morgan fingerprint density at radius 1 is 0.833 bits per heavy atom. The molecule has 0 N–H and O–H groups in total. The number of rotatable bonds is 0. The molecule has 6 heteroatoms. The van der Waals surface area contributed by atoms with Crippen molar-refractivity contribution >= 4 is 0 Å². The fraction of sp³-hybridized carbons (Fsp3) is 0. The summed E-state index contributed by atoms with van der Waals surface area (Å²) in [6.07, 6.45) is 0. The van der Waals surface area contributed by atoms with Crippen molar-refractivity contribution in [2.24, 2.45) is 0 Å². The molecule has 0 aliphatic heterocycles. The molecule has 0 saturated heterocycles. The predicted molar refractivity (Wildman–Crippen MR) is 8.20 cm³/mol. The molecule has 0 aromatic carbocycles. The van der Waals surface area contributed by atoms with Crippen LogP contribution in [0.2, 0.25) is 0 Å². The molecule has 0 rings (SSSR count). The van der Waals surface area contributed by atoms with Gasteiger partial charge in [0.25, 0.3) is 0 Å². The van der Waals surface area contributed by atoms with Crippen LogP contribution in [0.5, 0.6) is 0 Å². The Kier molecular flexibility index (Phi) is 1380. The Labute approximate surface area is 60.7 Å². The molecule has 0 aliphatic carbocycles. The molecule has 0 atom stereocenters. The van der Waals surface area contributed by atoms with Crippen molar-refractivity contribution in [3.8, 4) is 0 Å². The Morgan fingerprint density at radius 2 is 0.833 bits per heavy atom. The molecule has 6 heavy (non-hydrogen) atoms. The Morgan fingerprint density at radius 3 is 0.833 bits per heavy atom. The first-order valence-corrected chi connectivity index (χ1v) is 1.08. The van der Waals surface area contributed by atoms with E-state index in [0.717, 1.165) is 0 Å². The van der Waals surface area contributed by atoms with E-state index in [0.29, 0.717) is 21.0 Å². The number of hydrogen-bond donors (Lipinski definition) is 0. The van der Waals surface area contributed by atoms with Crippen LogP contribution >= 0.6 is 0 Å². The standard InChI is InChI=1S/Ag.3FH.Nb.O/h;3*1H;;. The Hall–Kier alpha value is 1.07. The summed E-state index contributed by atoms with van der Waals surface area (Å²) in [6, 6.07) is 0. The van der Waals surface area contributed by atoms with Gasteiger partial charge < -0.3 is 0 Å². The summed E-state index contributed by atoms with van der Waals surface area (Å²) in [5.74, 6) is 0. The molecular weight excluding hydrogens is 274 g/mol. The van der Waals surface area contributed by atoms with E-state index < -0.39 is 0 Å². The molecule has 0 spiro atoms. The average Bonchev–Trinajstić information content (AvgIpc) is 1.00. The van der Waals surface area contributed by atoms with Crippen LogP contribution in [-0.4, -0.2) is 0 Å². The van der Waals surface area contributed by atoms with Crippen molar-refractivity contribution in [2.75, 3.05) is 0 Å². The van der Waals surface area contributed by atoms with Gasteiger partial charge in [-0.1, -0.05) is 0 Å². The van der Waals surface area contributed by atoms with Gasteiger partial charge in [0.05, 0.1) is 0 Å². The van der Waals surface area contributed by atoms with Crippen LogP contribution in [-0.2, 0) is 46.7 Å². The summed E-state index contributed by atoms with van der Waals surface area (Å²) < 4.78 is 8.30. The first-order chi connectivity index (χ1) is 1.00. The third-order valence-corrected chi connectivity index (χ3v) is 0. The molecule has 0 bridgehead atoms. The van der Waals surface area contributed by atoms with Crippen molar-refractivity contribution in [3.63, 3.8) is 0 Å². The van der Waals surface area contributed by atoms with Crippen LogP contribution in [0.15, 0.2) is 0 Å². The predicted octanol–water partition coefficient (Wildman–Crippen LogP) is 0.334. The van der Waals surface area contributed by atoms with Crippen molar-refractivity contribution in [1.82, 2.24) is 0 Å². The van der Waals surface area contributed by atoms with E-state index >= 15 is 0 Å². The summed E-state index contributed by atoms with van der Waals surface area (Å²) in [5.41, 5.74) is 0. The summed E-state index contributed by atoms with van der Waals surface area (Å²) in [4.78, 5) is 0. The fourth-order valence-electron chi connectivity index (χ4n) is 0. The first-order valence-electron chi connectivity index (χ1n) is 0.183. The van der Waals surface area contributed by atoms with E-state index in [-0.39, 0.29) is 36.5 Å². The summed E-state index contributed by atoms with van der Waals surface area (Å²) in [7, 11) is 0. The molecule has 1 nitrogen and oxygen atoms in total. The topological polar surface area (TPSA) is 17.1 Å². The van der Waals surface area contributed by atoms with Crippen molar-refractivity contribution in [2.45, 2.75) is 0 Å². The fourth-order valence-corrected chi connectivity index (χ4v) is 0. The minimum atomic E-state index is 0. The zero-order valence-electron chi connectivity index (χ0n) is 2.38. The molecule has 0 saturated carbocycles. The number of halogens is 3. The molecule has 0 aromatic heterocycles. The SMILES string of the molecule is F.F.F.[Ag].[O]=[Nb]. The van der Waals surface area contributed by atoms with Crippen LogP contribution < -0.4 is 0 Å². The van der Waals surface area contributed by atoms with E-state index in [1.165, 1.54) is 0 Å². The van der Waals surface area contributed by atoms with Crippen LogP contribution in [0, 0.1) is 0 Å². The van der Waals surface area contributed by atoms with Gasteiger partial charge in [-0.25, -0.2) is 0 Å². The minimum absolute atomic E-state index is 0. The van der Waals surface area contributed by atoms with Crippen LogP contribution in [0.4, 0.5) is 14.1 Å². The first kappa shape index (κ1) is 60.8. The molecular formula is H3AgF3NbO. The van der Waals surface area contributed by atoms with Gasteiger partial charge in [0, 0.05) is 22.4 Å². The van der Waals surface area contributed by atoms with Crippen molar-refractivity contribution in [1.29, 1.82) is 0 Å². The molecule has 1 radical (unpaired) electrons.